The molecular weight excluding hydrogens is 350 g/mol. The van der Waals surface area contributed by atoms with Gasteiger partial charge >= 0.3 is 0 Å². The predicted octanol–water partition coefficient (Wildman–Crippen LogP) is 1.78. The summed E-state index contributed by atoms with van der Waals surface area (Å²) >= 11 is 0. The molecule has 8 nitrogen and oxygen atoms in total. The molecule has 2 aromatic carbocycles. The van der Waals surface area contributed by atoms with Gasteiger partial charge in [0.2, 0.25) is 5.91 Å². The minimum atomic E-state index is -0.403. The Balaban J connectivity index is 1.58. The highest BCUT2D eigenvalue weighted by Crippen LogP contribution is 2.30. The van der Waals surface area contributed by atoms with Crippen molar-refractivity contribution in [2.75, 3.05) is 30.4 Å². The van der Waals surface area contributed by atoms with Crippen LogP contribution in [-0.2, 0) is 9.59 Å². The zero-order valence-electron chi connectivity index (χ0n) is 14.7. The van der Waals surface area contributed by atoms with Crippen LogP contribution < -0.4 is 25.4 Å². The molecule has 3 N–H and O–H groups in total. The van der Waals surface area contributed by atoms with Crippen LogP contribution in [0.25, 0.3) is 0 Å². The van der Waals surface area contributed by atoms with Crippen LogP contribution in [0.2, 0.25) is 0 Å². The first-order valence-corrected chi connectivity index (χ1v) is 8.43. The number of fused-ring (bicyclic) bond motifs is 1. The largest absolute Gasteiger partial charge is 0.493 e. The Morgan fingerprint density at radius 3 is 2.85 bits per heavy atom. The number of carbonyl (C=O) groups excluding carboxylic acids is 3. The number of anilines is 2. The number of ether oxygens (including phenoxy) is 2. The molecule has 3 rings (SSSR count). The first kappa shape index (κ1) is 18.2. The lowest BCUT2D eigenvalue weighted by atomic mass is 10.2. The third-order valence-corrected chi connectivity index (χ3v) is 3.74. The lowest BCUT2D eigenvalue weighted by Crippen LogP contribution is -2.33. The summed E-state index contributed by atoms with van der Waals surface area (Å²) in [5, 5.41) is 7.89. The monoisotopic (exact) mass is 369 g/mol. The van der Waals surface area contributed by atoms with Crippen molar-refractivity contribution < 1.29 is 23.9 Å². The second kappa shape index (κ2) is 8.22. The maximum Gasteiger partial charge on any atom is 0.262 e. The van der Waals surface area contributed by atoms with Crippen LogP contribution in [0, 0.1) is 0 Å². The van der Waals surface area contributed by atoms with E-state index >= 15 is 0 Å². The number of hydrogen-bond donors (Lipinski definition) is 3. The number of para-hydroxylation sites is 1. The van der Waals surface area contributed by atoms with Gasteiger partial charge in [0, 0.05) is 5.69 Å². The van der Waals surface area contributed by atoms with Gasteiger partial charge in [-0.25, -0.2) is 0 Å². The average Bonchev–Trinajstić information content (AvgIpc) is 2.66. The molecule has 1 aliphatic heterocycles. The van der Waals surface area contributed by atoms with Gasteiger partial charge in [0.05, 0.1) is 24.4 Å². The van der Waals surface area contributed by atoms with Crippen molar-refractivity contribution in [1.29, 1.82) is 0 Å². The highest BCUT2D eigenvalue weighted by molar-refractivity contribution is 6.01. The van der Waals surface area contributed by atoms with Crippen LogP contribution in [0.3, 0.4) is 0 Å². The standard InChI is InChI=1S/C19H19N3O5/c1-2-26-15-6-4-3-5-13(15)19(25)20-10-17(23)21-12-7-8-16-14(9-12)22-18(24)11-27-16/h3-9H,2,10-11H2,1H3,(H,20,25)(H,21,23)(H,22,24). The molecule has 0 aliphatic carbocycles. The van der Waals surface area contributed by atoms with Gasteiger partial charge < -0.3 is 25.4 Å². The average molecular weight is 369 g/mol. The van der Waals surface area contributed by atoms with E-state index in [-0.39, 0.29) is 19.1 Å². The van der Waals surface area contributed by atoms with Gasteiger partial charge in [-0.3, -0.25) is 14.4 Å². The van der Waals surface area contributed by atoms with Gasteiger partial charge in [-0.1, -0.05) is 12.1 Å². The topological polar surface area (TPSA) is 106 Å². The Morgan fingerprint density at radius 2 is 2.04 bits per heavy atom. The molecule has 0 atom stereocenters. The van der Waals surface area contributed by atoms with Crippen LogP contribution in [0.4, 0.5) is 11.4 Å². The molecule has 1 aliphatic rings. The third kappa shape index (κ3) is 4.55. The number of nitrogens with one attached hydrogen (secondary N) is 3. The van der Waals surface area contributed by atoms with Gasteiger partial charge in [0.1, 0.15) is 11.5 Å². The molecule has 1 heterocycles. The lowest BCUT2D eigenvalue weighted by Gasteiger charge is -2.18. The van der Waals surface area contributed by atoms with Crippen LogP contribution >= 0.6 is 0 Å². The molecule has 8 heteroatoms. The van der Waals surface area contributed by atoms with E-state index in [9.17, 15) is 14.4 Å². The fourth-order valence-electron chi connectivity index (χ4n) is 2.56. The summed E-state index contributed by atoms with van der Waals surface area (Å²) in [6, 6.07) is 11.7. The molecule has 3 amide bonds. The molecular formula is C19H19N3O5. The summed E-state index contributed by atoms with van der Waals surface area (Å²) in [6.45, 7) is 2.02. The SMILES string of the molecule is CCOc1ccccc1C(=O)NCC(=O)Nc1ccc2c(c1)NC(=O)CO2. The maximum atomic E-state index is 12.3. The van der Waals surface area contributed by atoms with Crippen molar-refractivity contribution in [3.05, 3.63) is 48.0 Å². The molecule has 140 valence electrons. The van der Waals surface area contributed by atoms with Crippen molar-refractivity contribution in [3.63, 3.8) is 0 Å². The van der Waals surface area contributed by atoms with Gasteiger partial charge in [-0.2, -0.15) is 0 Å². The van der Waals surface area contributed by atoms with Crippen LogP contribution in [0.1, 0.15) is 17.3 Å². The Morgan fingerprint density at radius 1 is 1.22 bits per heavy atom. The molecule has 0 spiro atoms. The fraction of sp³-hybridized carbons (Fsp3) is 0.211. The van der Waals surface area contributed by atoms with Crippen LogP contribution in [0.15, 0.2) is 42.5 Å². The van der Waals surface area contributed by atoms with Gasteiger partial charge in [-0.15, -0.1) is 0 Å². The number of benzene rings is 2. The number of rotatable bonds is 6. The van der Waals surface area contributed by atoms with Gasteiger partial charge in [-0.05, 0) is 37.3 Å². The molecule has 2 aromatic rings. The molecule has 0 saturated carbocycles. The van der Waals surface area contributed by atoms with E-state index in [0.29, 0.717) is 35.0 Å². The molecule has 0 aromatic heterocycles. The van der Waals surface area contributed by atoms with E-state index < -0.39 is 11.8 Å². The van der Waals surface area contributed by atoms with E-state index in [1.807, 2.05) is 6.92 Å². The van der Waals surface area contributed by atoms with Crippen molar-refractivity contribution >= 4 is 29.1 Å². The summed E-state index contributed by atoms with van der Waals surface area (Å²) in [6.07, 6.45) is 0. The second-order valence-electron chi connectivity index (χ2n) is 5.71. The zero-order valence-corrected chi connectivity index (χ0v) is 14.7. The van der Waals surface area contributed by atoms with E-state index in [0.717, 1.165) is 0 Å². The van der Waals surface area contributed by atoms with Crippen molar-refractivity contribution in [2.45, 2.75) is 6.92 Å². The molecule has 0 unspecified atom stereocenters. The number of amides is 3. The van der Waals surface area contributed by atoms with Crippen LogP contribution in [-0.4, -0.2) is 37.5 Å². The van der Waals surface area contributed by atoms with Crippen molar-refractivity contribution in [3.8, 4) is 11.5 Å². The first-order valence-electron chi connectivity index (χ1n) is 8.43. The summed E-state index contributed by atoms with van der Waals surface area (Å²) in [5.74, 6) is -0.0662. The van der Waals surface area contributed by atoms with Crippen molar-refractivity contribution in [1.82, 2.24) is 5.32 Å². The van der Waals surface area contributed by atoms with E-state index in [1.54, 1.807) is 42.5 Å². The normalized spacial score (nSPS) is 12.3. The minimum absolute atomic E-state index is 0.0338. The molecule has 0 fully saturated rings. The molecule has 0 radical (unpaired) electrons. The second-order valence-corrected chi connectivity index (χ2v) is 5.71. The Hall–Kier alpha value is -3.55. The van der Waals surface area contributed by atoms with Crippen LogP contribution in [0.5, 0.6) is 11.5 Å². The summed E-state index contributed by atoms with van der Waals surface area (Å²) in [5.41, 5.74) is 1.33. The summed E-state index contributed by atoms with van der Waals surface area (Å²) < 4.78 is 10.7. The fourth-order valence-corrected chi connectivity index (χ4v) is 2.56. The lowest BCUT2D eigenvalue weighted by molar-refractivity contribution is -0.118. The van der Waals surface area contributed by atoms with E-state index in [1.165, 1.54) is 0 Å². The molecule has 27 heavy (non-hydrogen) atoms. The molecule has 0 bridgehead atoms. The van der Waals surface area contributed by atoms with E-state index in [4.69, 9.17) is 9.47 Å². The highest BCUT2D eigenvalue weighted by Gasteiger charge is 2.17. The van der Waals surface area contributed by atoms with E-state index in [2.05, 4.69) is 16.0 Å². The summed E-state index contributed by atoms with van der Waals surface area (Å²) in [4.78, 5) is 35.8. The Kier molecular flexibility index (Phi) is 5.55. The third-order valence-electron chi connectivity index (χ3n) is 3.74. The maximum absolute atomic E-state index is 12.3. The van der Waals surface area contributed by atoms with Gasteiger partial charge in [0.15, 0.2) is 6.61 Å². The quantitative estimate of drug-likeness (QED) is 0.720. The molecule has 0 saturated heterocycles. The summed E-state index contributed by atoms with van der Waals surface area (Å²) in [7, 11) is 0. The van der Waals surface area contributed by atoms with Gasteiger partial charge in [0.25, 0.3) is 11.8 Å². The predicted molar refractivity (Wildman–Crippen MR) is 99.1 cm³/mol. The number of carbonyl (C=O) groups is 3. The number of hydrogen-bond acceptors (Lipinski definition) is 5. The Labute approximate surface area is 155 Å². The Bertz CT molecular complexity index is 881. The first-order chi connectivity index (χ1) is 13.1. The highest BCUT2D eigenvalue weighted by atomic mass is 16.5. The zero-order chi connectivity index (χ0) is 19.2. The smallest absolute Gasteiger partial charge is 0.262 e. The minimum Gasteiger partial charge on any atom is -0.493 e. The van der Waals surface area contributed by atoms with Crippen molar-refractivity contribution in [2.24, 2.45) is 0 Å².